The molecule has 4 nitrogen and oxygen atoms in total. The highest BCUT2D eigenvalue weighted by molar-refractivity contribution is 7.10. The molecule has 0 fully saturated rings. The Morgan fingerprint density at radius 2 is 1.95 bits per heavy atom. The number of aliphatic carboxylic acids is 1. The molecule has 1 aromatic heterocycles. The Kier molecular flexibility index (Phi) is 5.72. The number of benzene rings is 1. The van der Waals surface area contributed by atoms with Gasteiger partial charge in [-0.25, -0.2) is 0 Å². The van der Waals surface area contributed by atoms with E-state index >= 15 is 0 Å². The SMILES string of the molecule is Cc1ccc(C[C@@H](CC(=O)O)NC(=O)Cc2cccs2)cc1. The number of nitrogens with one attached hydrogen (secondary N) is 1. The molecule has 0 saturated carbocycles. The highest BCUT2D eigenvalue weighted by atomic mass is 32.1. The molecule has 1 heterocycles. The first kappa shape index (κ1) is 16.2. The van der Waals surface area contributed by atoms with Crippen LogP contribution >= 0.6 is 11.3 Å². The van der Waals surface area contributed by atoms with Gasteiger partial charge in [0.15, 0.2) is 0 Å². The van der Waals surface area contributed by atoms with Gasteiger partial charge in [-0.1, -0.05) is 35.9 Å². The van der Waals surface area contributed by atoms with Gasteiger partial charge in [-0.2, -0.15) is 0 Å². The van der Waals surface area contributed by atoms with Crippen LogP contribution in [0.2, 0.25) is 0 Å². The van der Waals surface area contributed by atoms with Crippen LogP contribution in [0, 0.1) is 6.92 Å². The van der Waals surface area contributed by atoms with E-state index in [1.54, 1.807) is 0 Å². The maximum Gasteiger partial charge on any atom is 0.305 e. The minimum absolute atomic E-state index is 0.0793. The predicted molar refractivity (Wildman–Crippen MR) is 87.1 cm³/mol. The average Bonchev–Trinajstić information content (AvgIpc) is 2.93. The van der Waals surface area contributed by atoms with E-state index in [1.165, 1.54) is 11.3 Å². The Morgan fingerprint density at radius 1 is 1.23 bits per heavy atom. The molecule has 0 saturated heterocycles. The Labute approximate surface area is 133 Å². The van der Waals surface area contributed by atoms with Crippen LogP contribution in [0.15, 0.2) is 41.8 Å². The van der Waals surface area contributed by atoms with E-state index in [0.717, 1.165) is 16.0 Å². The number of carbonyl (C=O) groups is 2. The lowest BCUT2D eigenvalue weighted by Gasteiger charge is -2.17. The molecular formula is C17H19NO3S. The minimum Gasteiger partial charge on any atom is -0.481 e. The molecule has 2 aromatic rings. The number of hydrogen-bond acceptors (Lipinski definition) is 3. The Hall–Kier alpha value is -2.14. The van der Waals surface area contributed by atoms with Crippen molar-refractivity contribution in [2.45, 2.75) is 32.2 Å². The summed E-state index contributed by atoms with van der Waals surface area (Å²) in [6.07, 6.45) is 0.731. The lowest BCUT2D eigenvalue weighted by molar-refractivity contribution is -0.137. The molecule has 0 aliphatic carbocycles. The third kappa shape index (κ3) is 5.33. The topological polar surface area (TPSA) is 66.4 Å². The van der Waals surface area contributed by atoms with E-state index in [2.05, 4.69) is 5.32 Å². The quantitative estimate of drug-likeness (QED) is 0.825. The van der Waals surface area contributed by atoms with E-state index in [9.17, 15) is 9.59 Å². The van der Waals surface area contributed by atoms with Crippen molar-refractivity contribution in [1.82, 2.24) is 5.32 Å². The molecule has 2 N–H and O–H groups in total. The van der Waals surface area contributed by atoms with Crippen molar-refractivity contribution >= 4 is 23.2 Å². The zero-order valence-corrected chi connectivity index (χ0v) is 13.2. The van der Waals surface area contributed by atoms with Crippen LogP contribution in [-0.4, -0.2) is 23.0 Å². The van der Waals surface area contributed by atoms with Crippen molar-refractivity contribution in [3.63, 3.8) is 0 Å². The third-order valence-corrected chi connectivity index (χ3v) is 4.18. The number of amides is 1. The number of thiophene rings is 1. The van der Waals surface area contributed by atoms with Gasteiger partial charge in [-0.05, 0) is 30.4 Å². The summed E-state index contributed by atoms with van der Waals surface area (Å²) in [4.78, 5) is 24.0. The summed E-state index contributed by atoms with van der Waals surface area (Å²) in [5.41, 5.74) is 2.17. The number of rotatable bonds is 7. The molecular weight excluding hydrogens is 298 g/mol. The number of carboxylic acids is 1. The second-order valence-corrected chi connectivity index (χ2v) is 6.34. The van der Waals surface area contributed by atoms with Gasteiger partial charge in [0.2, 0.25) is 5.91 Å². The number of hydrogen-bond donors (Lipinski definition) is 2. The zero-order chi connectivity index (χ0) is 15.9. The van der Waals surface area contributed by atoms with Gasteiger partial charge in [-0.15, -0.1) is 11.3 Å². The van der Waals surface area contributed by atoms with Crippen LogP contribution in [0.3, 0.4) is 0 Å². The van der Waals surface area contributed by atoms with E-state index in [4.69, 9.17) is 5.11 Å². The first-order valence-electron chi connectivity index (χ1n) is 7.12. The highest BCUT2D eigenvalue weighted by Gasteiger charge is 2.17. The molecule has 1 aromatic carbocycles. The monoisotopic (exact) mass is 317 g/mol. The molecule has 1 atom stereocenters. The Morgan fingerprint density at radius 3 is 2.55 bits per heavy atom. The summed E-state index contributed by atoms with van der Waals surface area (Å²) in [7, 11) is 0. The van der Waals surface area contributed by atoms with Crippen LogP contribution in [0.5, 0.6) is 0 Å². The van der Waals surface area contributed by atoms with Crippen molar-refractivity contribution in [2.24, 2.45) is 0 Å². The number of carbonyl (C=O) groups excluding carboxylic acids is 1. The fourth-order valence-electron chi connectivity index (χ4n) is 2.24. The summed E-state index contributed by atoms with van der Waals surface area (Å²) in [5.74, 6) is -1.05. The molecule has 116 valence electrons. The van der Waals surface area contributed by atoms with Gasteiger partial charge in [0, 0.05) is 10.9 Å². The van der Waals surface area contributed by atoms with Gasteiger partial charge in [0.25, 0.3) is 0 Å². The normalized spacial score (nSPS) is 11.9. The van der Waals surface area contributed by atoms with Crippen molar-refractivity contribution in [3.05, 3.63) is 57.8 Å². The highest BCUT2D eigenvalue weighted by Crippen LogP contribution is 2.11. The summed E-state index contributed by atoms with van der Waals surface area (Å²) in [5, 5.41) is 13.8. The lowest BCUT2D eigenvalue weighted by atomic mass is 10.0. The van der Waals surface area contributed by atoms with Gasteiger partial charge >= 0.3 is 5.97 Å². The Bertz CT molecular complexity index is 620. The molecule has 22 heavy (non-hydrogen) atoms. The summed E-state index contributed by atoms with van der Waals surface area (Å²) in [6.45, 7) is 2.00. The smallest absolute Gasteiger partial charge is 0.305 e. The second-order valence-electron chi connectivity index (χ2n) is 5.31. The first-order chi connectivity index (χ1) is 10.5. The van der Waals surface area contributed by atoms with Crippen LogP contribution in [0.1, 0.15) is 22.4 Å². The number of aryl methyl sites for hydroxylation is 1. The first-order valence-corrected chi connectivity index (χ1v) is 8.00. The van der Waals surface area contributed by atoms with Crippen LogP contribution in [0.25, 0.3) is 0 Å². The van der Waals surface area contributed by atoms with Crippen LogP contribution in [-0.2, 0) is 22.4 Å². The number of carboxylic acid groups (broad SMARTS) is 1. The maximum absolute atomic E-state index is 12.0. The second kappa shape index (κ2) is 7.75. The molecule has 0 radical (unpaired) electrons. The van der Waals surface area contributed by atoms with Crippen molar-refractivity contribution in [3.8, 4) is 0 Å². The zero-order valence-electron chi connectivity index (χ0n) is 12.4. The standard InChI is InChI=1S/C17H19NO3S/c1-12-4-6-13(7-5-12)9-14(10-17(20)21)18-16(19)11-15-3-2-8-22-15/h2-8,14H,9-11H2,1H3,(H,18,19)(H,20,21)/t14-/m0/s1. The summed E-state index contributed by atoms with van der Waals surface area (Å²) >= 11 is 1.52. The fourth-order valence-corrected chi connectivity index (χ4v) is 2.95. The summed E-state index contributed by atoms with van der Waals surface area (Å²) < 4.78 is 0. The van der Waals surface area contributed by atoms with E-state index in [1.807, 2.05) is 48.7 Å². The lowest BCUT2D eigenvalue weighted by Crippen LogP contribution is -2.38. The van der Waals surface area contributed by atoms with E-state index in [0.29, 0.717) is 12.8 Å². The largest absolute Gasteiger partial charge is 0.481 e. The predicted octanol–water partition coefficient (Wildman–Crippen LogP) is 2.80. The molecule has 5 heteroatoms. The van der Waals surface area contributed by atoms with E-state index < -0.39 is 12.0 Å². The van der Waals surface area contributed by atoms with Gasteiger partial charge < -0.3 is 10.4 Å². The molecule has 0 bridgehead atoms. The fraction of sp³-hybridized carbons (Fsp3) is 0.294. The van der Waals surface area contributed by atoms with Gasteiger partial charge in [-0.3, -0.25) is 9.59 Å². The Balaban J connectivity index is 1.97. The van der Waals surface area contributed by atoms with Gasteiger partial charge in [0.1, 0.15) is 0 Å². The van der Waals surface area contributed by atoms with Gasteiger partial charge in [0.05, 0.1) is 12.8 Å². The maximum atomic E-state index is 12.0. The molecule has 1 amide bonds. The molecule has 0 aliphatic rings. The minimum atomic E-state index is -0.909. The van der Waals surface area contributed by atoms with Crippen molar-refractivity contribution in [1.29, 1.82) is 0 Å². The molecule has 0 spiro atoms. The van der Waals surface area contributed by atoms with E-state index in [-0.39, 0.29) is 12.3 Å². The van der Waals surface area contributed by atoms with Crippen molar-refractivity contribution < 1.29 is 14.7 Å². The third-order valence-electron chi connectivity index (χ3n) is 3.30. The molecule has 0 aliphatic heterocycles. The van der Waals surface area contributed by atoms with Crippen LogP contribution in [0.4, 0.5) is 0 Å². The van der Waals surface area contributed by atoms with Crippen molar-refractivity contribution in [2.75, 3.05) is 0 Å². The summed E-state index contributed by atoms with van der Waals surface area (Å²) in [6, 6.07) is 11.3. The molecule has 0 unspecified atom stereocenters. The average molecular weight is 317 g/mol. The molecule has 2 rings (SSSR count). The van der Waals surface area contributed by atoms with Crippen LogP contribution < -0.4 is 5.32 Å².